The van der Waals surface area contributed by atoms with E-state index < -0.39 is 6.29 Å². The molecule has 0 fully saturated rings. The van der Waals surface area contributed by atoms with Gasteiger partial charge in [0.1, 0.15) is 5.75 Å². The predicted octanol–water partition coefficient (Wildman–Crippen LogP) is 1.36. The molecule has 0 aromatic heterocycles. The lowest BCUT2D eigenvalue weighted by molar-refractivity contribution is -0.126. The first-order chi connectivity index (χ1) is 9.19. The average molecular weight is 267 g/mol. The van der Waals surface area contributed by atoms with Crippen LogP contribution in [0.25, 0.3) is 0 Å². The van der Waals surface area contributed by atoms with Crippen molar-refractivity contribution >= 4 is 5.91 Å². The number of hydrogen-bond donors (Lipinski definition) is 1. The molecule has 0 aliphatic rings. The highest BCUT2D eigenvalue weighted by Crippen LogP contribution is 2.12. The normalized spacial score (nSPS) is 10.5. The highest BCUT2D eigenvalue weighted by Gasteiger charge is 2.08. The van der Waals surface area contributed by atoms with Crippen molar-refractivity contribution in [1.29, 1.82) is 0 Å². The summed E-state index contributed by atoms with van der Waals surface area (Å²) in [6.45, 7) is 2.90. The summed E-state index contributed by atoms with van der Waals surface area (Å²) < 4.78 is 15.3. The Morgan fingerprint density at radius 3 is 2.37 bits per heavy atom. The summed E-state index contributed by atoms with van der Waals surface area (Å²) in [5.74, 6) is 0.744. The molecule has 0 spiro atoms. The molecule has 0 aliphatic heterocycles. The molecule has 1 aromatic carbocycles. The number of ether oxygens (including phenoxy) is 3. The minimum Gasteiger partial charge on any atom is -0.494 e. The maximum absolute atomic E-state index is 11.7. The van der Waals surface area contributed by atoms with Crippen LogP contribution in [0.5, 0.6) is 5.75 Å². The molecule has 106 valence electrons. The van der Waals surface area contributed by atoms with Gasteiger partial charge in [0, 0.05) is 14.2 Å². The number of methoxy groups -OCH3 is 2. The van der Waals surface area contributed by atoms with E-state index in [-0.39, 0.29) is 5.91 Å². The largest absolute Gasteiger partial charge is 0.494 e. The second-order valence-corrected chi connectivity index (χ2v) is 3.96. The maximum atomic E-state index is 11.7. The van der Waals surface area contributed by atoms with Gasteiger partial charge in [0.25, 0.3) is 0 Å². The SMILES string of the molecule is CCOc1ccc(CC(=O)NCC(OC)OC)cc1. The van der Waals surface area contributed by atoms with E-state index in [9.17, 15) is 4.79 Å². The van der Waals surface area contributed by atoms with Gasteiger partial charge in [0.2, 0.25) is 5.91 Å². The zero-order chi connectivity index (χ0) is 14.1. The number of rotatable bonds is 8. The lowest BCUT2D eigenvalue weighted by Crippen LogP contribution is -2.34. The van der Waals surface area contributed by atoms with Crippen LogP contribution in [0.2, 0.25) is 0 Å². The van der Waals surface area contributed by atoms with E-state index in [1.807, 2.05) is 31.2 Å². The molecule has 0 aliphatic carbocycles. The molecular weight excluding hydrogens is 246 g/mol. The van der Waals surface area contributed by atoms with Gasteiger partial charge in [-0.3, -0.25) is 4.79 Å². The first kappa shape index (κ1) is 15.5. The van der Waals surface area contributed by atoms with Crippen molar-refractivity contribution in [1.82, 2.24) is 5.32 Å². The monoisotopic (exact) mass is 267 g/mol. The minimum absolute atomic E-state index is 0.0664. The zero-order valence-corrected chi connectivity index (χ0v) is 11.6. The second kappa shape index (κ2) is 8.50. The van der Waals surface area contributed by atoms with Crippen molar-refractivity contribution in [3.63, 3.8) is 0 Å². The fourth-order valence-electron chi connectivity index (χ4n) is 1.58. The Morgan fingerprint density at radius 2 is 1.84 bits per heavy atom. The number of carbonyl (C=O) groups excluding carboxylic acids is 1. The summed E-state index contributed by atoms with van der Waals surface area (Å²) in [5.41, 5.74) is 0.937. The van der Waals surface area contributed by atoms with E-state index in [4.69, 9.17) is 14.2 Å². The van der Waals surface area contributed by atoms with Crippen molar-refractivity contribution in [2.45, 2.75) is 19.6 Å². The Labute approximate surface area is 113 Å². The molecule has 19 heavy (non-hydrogen) atoms. The number of benzene rings is 1. The van der Waals surface area contributed by atoms with Crippen molar-refractivity contribution < 1.29 is 19.0 Å². The smallest absolute Gasteiger partial charge is 0.224 e. The van der Waals surface area contributed by atoms with Crippen LogP contribution < -0.4 is 10.1 Å². The molecule has 1 aromatic rings. The Morgan fingerprint density at radius 1 is 1.21 bits per heavy atom. The van der Waals surface area contributed by atoms with Crippen LogP contribution >= 0.6 is 0 Å². The van der Waals surface area contributed by atoms with E-state index in [0.717, 1.165) is 11.3 Å². The molecule has 1 N–H and O–H groups in total. The van der Waals surface area contributed by atoms with E-state index in [2.05, 4.69) is 5.32 Å². The van der Waals surface area contributed by atoms with Gasteiger partial charge in [0.05, 0.1) is 19.6 Å². The number of hydrogen-bond acceptors (Lipinski definition) is 4. The Bertz CT molecular complexity index is 374. The molecule has 1 amide bonds. The lowest BCUT2D eigenvalue weighted by atomic mass is 10.1. The lowest BCUT2D eigenvalue weighted by Gasteiger charge is -2.14. The summed E-state index contributed by atoms with van der Waals surface area (Å²) in [6.07, 6.45) is -0.0868. The highest BCUT2D eigenvalue weighted by molar-refractivity contribution is 5.78. The first-order valence-corrected chi connectivity index (χ1v) is 6.23. The molecule has 1 rings (SSSR count). The Balaban J connectivity index is 2.39. The Kier molecular flexibility index (Phi) is 6.92. The van der Waals surface area contributed by atoms with Crippen LogP contribution in [0.1, 0.15) is 12.5 Å². The van der Waals surface area contributed by atoms with Crippen LogP contribution in [0, 0.1) is 0 Å². The minimum atomic E-state index is -0.413. The van der Waals surface area contributed by atoms with Gasteiger partial charge in [-0.1, -0.05) is 12.1 Å². The van der Waals surface area contributed by atoms with E-state index in [1.165, 1.54) is 14.2 Å². The highest BCUT2D eigenvalue weighted by atomic mass is 16.7. The number of amides is 1. The quantitative estimate of drug-likeness (QED) is 0.723. The third-order valence-electron chi connectivity index (χ3n) is 2.59. The molecule has 0 heterocycles. The van der Waals surface area contributed by atoms with Crippen molar-refractivity contribution in [2.75, 3.05) is 27.4 Å². The first-order valence-electron chi connectivity index (χ1n) is 6.23. The maximum Gasteiger partial charge on any atom is 0.224 e. The molecule has 0 saturated heterocycles. The molecule has 5 nitrogen and oxygen atoms in total. The number of carbonyl (C=O) groups is 1. The van der Waals surface area contributed by atoms with Crippen LogP contribution in [0.4, 0.5) is 0 Å². The van der Waals surface area contributed by atoms with E-state index in [0.29, 0.717) is 19.6 Å². The third-order valence-corrected chi connectivity index (χ3v) is 2.59. The molecule has 0 unspecified atom stereocenters. The summed E-state index contributed by atoms with van der Waals surface area (Å²) >= 11 is 0. The van der Waals surface area contributed by atoms with Crippen molar-refractivity contribution in [2.24, 2.45) is 0 Å². The van der Waals surface area contributed by atoms with Gasteiger partial charge in [0.15, 0.2) is 6.29 Å². The van der Waals surface area contributed by atoms with Crippen molar-refractivity contribution in [3.05, 3.63) is 29.8 Å². The van der Waals surface area contributed by atoms with Crippen LogP contribution in [-0.4, -0.2) is 39.6 Å². The summed E-state index contributed by atoms with van der Waals surface area (Å²) in [4.78, 5) is 11.7. The van der Waals surface area contributed by atoms with E-state index in [1.54, 1.807) is 0 Å². The molecule has 5 heteroatoms. The van der Waals surface area contributed by atoms with Crippen LogP contribution in [0.3, 0.4) is 0 Å². The number of nitrogens with one attached hydrogen (secondary N) is 1. The van der Waals surface area contributed by atoms with Crippen LogP contribution in [0.15, 0.2) is 24.3 Å². The summed E-state index contributed by atoms with van der Waals surface area (Å²) in [6, 6.07) is 7.49. The predicted molar refractivity (Wildman–Crippen MR) is 72.1 cm³/mol. The Hall–Kier alpha value is -1.59. The third kappa shape index (κ3) is 5.72. The molecular formula is C14H21NO4. The molecule has 0 bridgehead atoms. The van der Waals surface area contributed by atoms with Gasteiger partial charge in [-0.15, -0.1) is 0 Å². The van der Waals surface area contributed by atoms with E-state index >= 15 is 0 Å². The van der Waals surface area contributed by atoms with Crippen LogP contribution in [-0.2, 0) is 20.7 Å². The van der Waals surface area contributed by atoms with Gasteiger partial charge >= 0.3 is 0 Å². The molecule has 0 atom stereocenters. The van der Waals surface area contributed by atoms with Gasteiger partial charge < -0.3 is 19.5 Å². The van der Waals surface area contributed by atoms with Gasteiger partial charge in [-0.05, 0) is 24.6 Å². The topological polar surface area (TPSA) is 56.8 Å². The van der Waals surface area contributed by atoms with Gasteiger partial charge in [-0.2, -0.15) is 0 Å². The average Bonchev–Trinajstić information content (AvgIpc) is 2.42. The molecule has 0 saturated carbocycles. The second-order valence-electron chi connectivity index (χ2n) is 3.96. The fraction of sp³-hybridized carbons (Fsp3) is 0.500. The van der Waals surface area contributed by atoms with Gasteiger partial charge in [-0.25, -0.2) is 0 Å². The summed E-state index contributed by atoms with van der Waals surface area (Å²) in [7, 11) is 3.07. The molecule has 0 radical (unpaired) electrons. The zero-order valence-electron chi connectivity index (χ0n) is 11.6. The standard InChI is InChI=1S/C14H21NO4/c1-4-19-12-7-5-11(6-8-12)9-13(16)15-10-14(17-2)18-3/h5-8,14H,4,9-10H2,1-3H3,(H,15,16). The van der Waals surface area contributed by atoms with Crippen molar-refractivity contribution in [3.8, 4) is 5.75 Å². The fourth-order valence-corrected chi connectivity index (χ4v) is 1.58. The summed E-state index contributed by atoms with van der Waals surface area (Å²) in [5, 5.41) is 2.75.